The summed E-state index contributed by atoms with van der Waals surface area (Å²) >= 11 is 0. The molecule has 1 saturated heterocycles. The highest BCUT2D eigenvalue weighted by Gasteiger charge is 2.11. The minimum absolute atomic E-state index is 0.154. The standard InChI is InChI=1S/C17H19F2N5O2/c18-14-2-1-13(9-15(14)19)23-16(25)12-10-21-17(22-11-12)20-3-4-24-5-7-26-8-6-24/h1-2,9-11H,3-8H2,(H,23,25)(H,20,21,22). The Morgan fingerprint density at radius 3 is 2.58 bits per heavy atom. The first-order valence-corrected chi connectivity index (χ1v) is 8.24. The fourth-order valence-electron chi connectivity index (χ4n) is 2.46. The highest BCUT2D eigenvalue weighted by molar-refractivity contribution is 6.03. The van der Waals surface area contributed by atoms with Crippen LogP contribution in [0.1, 0.15) is 10.4 Å². The minimum Gasteiger partial charge on any atom is -0.379 e. The van der Waals surface area contributed by atoms with Crippen molar-refractivity contribution in [1.82, 2.24) is 14.9 Å². The van der Waals surface area contributed by atoms with Crippen LogP contribution in [0.2, 0.25) is 0 Å². The molecule has 0 radical (unpaired) electrons. The summed E-state index contributed by atoms with van der Waals surface area (Å²) in [6, 6.07) is 3.14. The highest BCUT2D eigenvalue weighted by Crippen LogP contribution is 2.14. The number of anilines is 2. The van der Waals surface area contributed by atoms with Crippen LogP contribution in [0.15, 0.2) is 30.6 Å². The summed E-state index contributed by atoms with van der Waals surface area (Å²) in [5.41, 5.74) is 0.370. The van der Waals surface area contributed by atoms with Crippen LogP contribution in [-0.4, -0.2) is 60.2 Å². The number of nitrogens with zero attached hydrogens (tertiary/aromatic N) is 3. The lowest BCUT2D eigenvalue weighted by atomic mass is 10.2. The van der Waals surface area contributed by atoms with Crippen molar-refractivity contribution >= 4 is 17.5 Å². The zero-order valence-corrected chi connectivity index (χ0v) is 14.0. The van der Waals surface area contributed by atoms with Crippen LogP contribution < -0.4 is 10.6 Å². The molecule has 0 atom stereocenters. The lowest BCUT2D eigenvalue weighted by Crippen LogP contribution is -2.39. The van der Waals surface area contributed by atoms with Crippen LogP contribution in [0.3, 0.4) is 0 Å². The molecule has 0 spiro atoms. The molecule has 1 aliphatic rings. The molecule has 2 aromatic rings. The van der Waals surface area contributed by atoms with Gasteiger partial charge in [0, 0.05) is 50.3 Å². The van der Waals surface area contributed by atoms with Gasteiger partial charge in [-0.3, -0.25) is 9.69 Å². The molecule has 138 valence electrons. The molecule has 26 heavy (non-hydrogen) atoms. The van der Waals surface area contributed by atoms with E-state index < -0.39 is 17.5 Å². The topological polar surface area (TPSA) is 79.4 Å². The molecule has 1 aromatic carbocycles. The van der Waals surface area contributed by atoms with Crippen molar-refractivity contribution in [3.8, 4) is 0 Å². The van der Waals surface area contributed by atoms with Gasteiger partial charge in [0.1, 0.15) is 0 Å². The third-order valence-electron chi connectivity index (χ3n) is 3.91. The summed E-state index contributed by atoms with van der Waals surface area (Å²) in [6.45, 7) is 4.85. The van der Waals surface area contributed by atoms with Crippen LogP contribution >= 0.6 is 0 Å². The van der Waals surface area contributed by atoms with E-state index in [2.05, 4.69) is 25.5 Å². The zero-order chi connectivity index (χ0) is 18.4. The minimum atomic E-state index is -1.03. The van der Waals surface area contributed by atoms with E-state index in [0.29, 0.717) is 12.5 Å². The first-order chi connectivity index (χ1) is 12.6. The lowest BCUT2D eigenvalue weighted by Gasteiger charge is -2.26. The average Bonchev–Trinajstić information content (AvgIpc) is 2.66. The Morgan fingerprint density at radius 1 is 1.15 bits per heavy atom. The largest absolute Gasteiger partial charge is 0.379 e. The van der Waals surface area contributed by atoms with Crippen molar-refractivity contribution in [2.24, 2.45) is 0 Å². The molecule has 2 N–H and O–H groups in total. The van der Waals surface area contributed by atoms with Crippen LogP contribution in [0.4, 0.5) is 20.4 Å². The third-order valence-corrected chi connectivity index (χ3v) is 3.91. The number of benzene rings is 1. The van der Waals surface area contributed by atoms with E-state index in [9.17, 15) is 13.6 Å². The fraction of sp³-hybridized carbons (Fsp3) is 0.353. The average molecular weight is 363 g/mol. The van der Waals surface area contributed by atoms with Gasteiger partial charge >= 0.3 is 0 Å². The van der Waals surface area contributed by atoms with E-state index >= 15 is 0 Å². The van der Waals surface area contributed by atoms with Gasteiger partial charge in [-0.1, -0.05) is 0 Å². The summed E-state index contributed by atoms with van der Waals surface area (Å²) in [5.74, 6) is -2.09. The van der Waals surface area contributed by atoms with E-state index in [1.807, 2.05) is 0 Å². The summed E-state index contributed by atoms with van der Waals surface area (Å²) < 4.78 is 31.4. The summed E-state index contributed by atoms with van der Waals surface area (Å²) in [4.78, 5) is 22.6. The van der Waals surface area contributed by atoms with Crippen molar-refractivity contribution < 1.29 is 18.3 Å². The van der Waals surface area contributed by atoms with Gasteiger partial charge in [0.15, 0.2) is 11.6 Å². The molecule has 1 amide bonds. The van der Waals surface area contributed by atoms with Crippen molar-refractivity contribution in [3.05, 3.63) is 47.8 Å². The van der Waals surface area contributed by atoms with Crippen molar-refractivity contribution in [2.75, 3.05) is 50.0 Å². The predicted molar refractivity (Wildman–Crippen MR) is 92.1 cm³/mol. The van der Waals surface area contributed by atoms with Gasteiger partial charge in [-0.15, -0.1) is 0 Å². The van der Waals surface area contributed by atoms with Crippen LogP contribution in [0, 0.1) is 11.6 Å². The normalized spacial score (nSPS) is 14.8. The molecule has 7 nitrogen and oxygen atoms in total. The molecule has 3 rings (SSSR count). The van der Waals surface area contributed by atoms with Gasteiger partial charge in [-0.05, 0) is 12.1 Å². The maximum Gasteiger partial charge on any atom is 0.258 e. The monoisotopic (exact) mass is 363 g/mol. The van der Waals surface area contributed by atoms with Gasteiger partial charge < -0.3 is 15.4 Å². The maximum absolute atomic E-state index is 13.2. The molecular weight excluding hydrogens is 344 g/mol. The molecule has 9 heteroatoms. The van der Waals surface area contributed by atoms with Crippen molar-refractivity contribution in [1.29, 1.82) is 0 Å². The Kier molecular flexibility index (Phi) is 6.03. The first kappa shape index (κ1) is 18.2. The number of ether oxygens (including phenoxy) is 1. The lowest BCUT2D eigenvalue weighted by molar-refractivity contribution is 0.0398. The second kappa shape index (κ2) is 8.63. The second-order valence-corrected chi connectivity index (χ2v) is 5.76. The number of amides is 1. The van der Waals surface area contributed by atoms with E-state index in [1.54, 1.807) is 0 Å². The number of hydrogen-bond acceptors (Lipinski definition) is 6. The molecule has 1 aromatic heterocycles. The van der Waals surface area contributed by atoms with Crippen LogP contribution in [0.25, 0.3) is 0 Å². The summed E-state index contributed by atoms with van der Waals surface area (Å²) in [5, 5.41) is 5.56. The fourth-order valence-corrected chi connectivity index (χ4v) is 2.46. The van der Waals surface area contributed by atoms with Gasteiger partial charge in [-0.25, -0.2) is 18.7 Å². The van der Waals surface area contributed by atoms with E-state index in [1.165, 1.54) is 18.5 Å². The molecule has 0 bridgehead atoms. The third kappa shape index (κ3) is 4.93. The van der Waals surface area contributed by atoms with E-state index in [0.717, 1.165) is 45.0 Å². The Labute approximate surface area is 149 Å². The van der Waals surface area contributed by atoms with E-state index in [4.69, 9.17) is 4.74 Å². The number of morpholine rings is 1. The SMILES string of the molecule is O=C(Nc1ccc(F)c(F)c1)c1cnc(NCCN2CCOCC2)nc1. The summed E-state index contributed by atoms with van der Waals surface area (Å²) in [6.07, 6.45) is 2.75. The Morgan fingerprint density at radius 2 is 1.88 bits per heavy atom. The van der Waals surface area contributed by atoms with Gasteiger partial charge in [-0.2, -0.15) is 0 Å². The van der Waals surface area contributed by atoms with Crippen molar-refractivity contribution in [2.45, 2.75) is 0 Å². The van der Waals surface area contributed by atoms with Gasteiger partial charge in [0.25, 0.3) is 5.91 Å². The molecule has 0 unspecified atom stereocenters. The molecule has 1 fully saturated rings. The molecule has 1 aliphatic heterocycles. The maximum atomic E-state index is 13.2. The number of nitrogens with one attached hydrogen (secondary N) is 2. The number of carbonyl (C=O) groups excluding carboxylic acids is 1. The van der Waals surface area contributed by atoms with Gasteiger partial charge in [0.2, 0.25) is 5.95 Å². The zero-order valence-electron chi connectivity index (χ0n) is 14.0. The van der Waals surface area contributed by atoms with E-state index in [-0.39, 0.29) is 11.3 Å². The molecule has 0 aliphatic carbocycles. The van der Waals surface area contributed by atoms with Gasteiger partial charge in [0.05, 0.1) is 18.8 Å². The number of carbonyl (C=O) groups is 1. The van der Waals surface area contributed by atoms with Crippen LogP contribution in [-0.2, 0) is 4.74 Å². The molecule has 2 heterocycles. The summed E-state index contributed by atoms with van der Waals surface area (Å²) in [7, 11) is 0. The Hall–Kier alpha value is -2.65. The Bertz CT molecular complexity index is 751. The second-order valence-electron chi connectivity index (χ2n) is 5.76. The number of rotatable bonds is 6. The molecule has 0 saturated carbocycles. The number of halogens is 2. The quantitative estimate of drug-likeness (QED) is 0.814. The first-order valence-electron chi connectivity index (χ1n) is 8.24. The highest BCUT2D eigenvalue weighted by atomic mass is 19.2. The predicted octanol–water partition coefficient (Wildman–Crippen LogP) is 1.75. The van der Waals surface area contributed by atoms with Crippen molar-refractivity contribution in [3.63, 3.8) is 0 Å². The Balaban J connectivity index is 1.49. The smallest absolute Gasteiger partial charge is 0.258 e. The molecular formula is C17H19F2N5O2. The number of aromatic nitrogens is 2. The van der Waals surface area contributed by atoms with Crippen LogP contribution in [0.5, 0.6) is 0 Å². The number of hydrogen-bond donors (Lipinski definition) is 2.